The predicted molar refractivity (Wildman–Crippen MR) is 118 cm³/mol. The Morgan fingerprint density at radius 1 is 1.38 bits per heavy atom. The molecule has 0 spiro atoms. The first kappa shape index (κ1) is 19.6. The maximum Gasteiger partial charge on any atom is 0.262 e. The van der Waals surface area contributed by atoms with E-state index in [0.29, 0.717) is 18.0 Å². The van der Waals surface area contributed by atoms with Crippen molar-refractivity contribution in [2.24, 2.45) is 16.0 Å². The average Bonchev–Trinajstić information content (AvgIpc) is 3.10. The van der Waals surface area contributed by atoms with Gasteiger partial charge in [0.15, 0.2) is 6.61 Å². The van der Waals surface area contributed by atoms with Crippen molar-refractivity contribution < 1.29 is 9.53 Å². The number of carbonyl (C=O) groups is 1. The molecule has 1 aromatic heterocycles. The van der Waals surface area contributed by atoms with Crippen LogP contribution in [-0.4, -0.2) is 29.4 Å². The van der Waals surface area contributed by atoms with Crippen molar-refractivity contribution >= 4 is 28.6 Å². The maximum atomic E-state index is 11.7. The highest BCUT2D eigenvalue weighted by Crippen LogP contribution is 2.33. The molecular formula is C22H26N4O2S. The molecule has 0 unspecified atom stereocenters. The Morgan fingerprint density at radius 3 is 2.93 bits per heavy atom. The third kappa shape index (κ3) is 4.50. The fourth-order valence-electron chi connectivity index (χ4n) is 3.48. The zero-order valence-electron chi connectivity index (χ0n) is 16.9. The van der Waals surface area contributed by atoms with Crippen LogP contribution in [0.2, 0.25) is 0 Å². The average molecular weight is 411 g/mol. The van der Waals surface area contributed by atoms with E-state index in [1.54, 1.807) is 11.3 Å². The third-order valence-corrected chi connectivity index (χ3v) is 6.02. The van der Waals surface area contributed by atoms with Crippen molar-refractivity contribution in [1.82, 2.24) is 4.68 Å². The van der Waals surface area contributed by atoms with Gasteiger partial charge in [0.2, 0.25) is 4.80 Å². The number of nitrogens with one attached hydrogen (secondary N) is 1. The van der Waals surface area contributed by atoms with Gasteiger partial charge >= 0.3 is 0 Å². The van der Waals surface area contributed by atoms with Gasteiger partial charge in [-0.1, -0.05) is 19.1 Å². The molecule has 0 saturated heterocycles. The fraction of sp³-hybridized carbons (Fsp3) is 0.409. The highest BCUT2D eigenvalue weighted by Gasteiger charge is 2.19. The van der Waals surface area contributed by atoms with Crippen LogP contribution in [0.4, 0.5) is 5.69 Å². The van der Waals surface area contributed by atoms with Crippen LogP contribution >= 0.6 is 11.3 Å². The van der Waals surface area contributed by atoms with E-state index in [-0.39, 0.29) is 12.5 Å². The monoisotopic (exact) mass is 410 g/mol. The zero-order chi connectivity index (χ0) is 20.4. The van der Waals surface area contributed by atoms with Crippen molar-refractivity contribution in [1.29, 1.82) is 0 Å². The van der Waals surface area contributed by atoms with Gasteiger partial charge in [0.1, 0.15) is 5.75 Å². The zero-order valence-corrected chi connectivity index (χ0v) is 17.7. The highest BCUT2D eigenvalue weighted by atomic mass is 32.1. The lowest BCUT2D eigenvalue weighted by Crippen LogP contribution is -2.25. The van der Waals surface area contributed by atoms with Crippen LogP contribution in [0.3, 0.4) is 0 Å². The maximum absolute atomic E-state index is 11.7. The number of benzene rings is 1. The summed E-state index contributed by atoms with van der Waals surface area (Å²) in [7, 11) is 0. The summed E-state index contributed by atoms with van der Waals surface area (Å²) in [6, 6.07) is 5.84. The number of hydrogen-bond donors (Lipinski definition) is 1. The topological polar surface area (TPSA) is 68.0 Å². The van der Waals surface area contributed by atoms with Crippen LogP contribution in [0.1, 0.15) is 39.5 Å². The number of hydrogen-bond acceptors (Lipinski definition) is 5. The summed E-state index contributed by atoms with van der Waals surface area (Å²) in [4.78, 5) is 17.3. The molecule has 0 radical (unpaired) electrons. The normalized spacial score (nSPS) is 19.4. The van der Waals surface area contributed by atoms with Crippen LogP contribution in [0.25, 0.3) is 11.3 Å². The minimum absolute atomic E-state index is 0.0564. The summed E-state index contributed by atoms with van der Waals surface area (Å²) in [5.41, 5.74) is 4.85. The molecule has 29 heavy (non-hydrogen) atoms. The molecule has 1 saturated carbocycles. The van der Waals surface area contributed by atoms with Gasteiger partial charge in [-0.25, -0.2) is 4.68 Å². The molecule has 152 valence electrons. The second-order valence-corrected chi connectivity index (χ2v) is 8.72. The number of carbonyl (C=O) groups excluding carboxylic acids is 1. The van der Waals surface area contributed by atoms with Gasteiger partial charge in [-0.05, 0) is 56.7 Å². The fourth-order valence-corrected chi connectivity index (χ4v) is 4.32. The van der Waals surface area contributed by atoms with E-state index < -0.39 is 0 Å². The highest BCUT2D eigenvalue weighted by molar-refractivity contribution is 7.07. The third-order valence-electron chi connectivity index (χ3n) is 5.17. The molecule has 1 fully saturated rings. The van der Waals surface area contributed by atoms with Crippen LogP contribution in [-0.2, 0) is 4.79 Å². The van der Waals surface area contributed by atoms with Crippen molar-refractivity contribution in [3.63, 3.8) is 0 Å². The molecule has 0 atom stereocenters. The van der Waals surface area contributed by atoms with E-state index >= 15 is 0 Å². The number of amides is 1. The first-order valence-electron chi connectivity index (χ1n) is 9.99. The van der Waals surface area contributed by atoms with Crippen molar-refractivity contribution in [2.75, 3.05) is 18.5 Å². The Morgan fingerprint density at radius 2 is 2.17 bits per heavy atom. The number of nitrogens with zero attached hydrogens (tertiary/aromatic N) is 3. The molecule has 2 aromatic rings. The van der Waals surface area contributed by atoms with Crippen molar-refractivity contribution in [2.45, 2.75) is 39.5 Å². The van der Waals surface area contributed by atoms with Gasteiger partial charge in [0.05, 0.1) is 17.9 Å². The van der Waals surface area contributed by atoms with Crippen LogP contribution < -0.4 is 14.9 Å². The molecule has 1 aliphatic carbocycles. The summed E-state index contributed by atoms with van der Waals surface area (Å²) in [6.07, 6.45) is 4.41. The van der Waals surface area contributed by atoms with E-state index in [1.165, 1.54) is 18.6 Å². The summed E-state index contributed by atoms with van der Waals surface area (Å²) >= 11 is 1.57. The molecule has 2 heterocycles. The van der Waals surface area contributed by atoms with Gasteiger partial charge in [0.25, 0.3) is 5.91 Å². The van der Waals surface area contributed by atoms with Gasteiger partial charge in [-0.2, -0.15) is 5.10 Å². The number of fused-ring (bicyclic) bond motifs is 1. The summed E-state index contributed by atoms with van der Waals surface area (Å²) in [5.74, 6) is 1.31. The van der Waals surface area contributed by atoms with E-state index in [9.17, 15) is 4.79 Å². The van der Waals surface area contributed by atoms with Crippen LogP contribution in [0.5, 0.6) is 5.75 Å². The predicted octanol–water partition coefficient (Wildman–Crippen LogP) is 4.44. The Balaban J connectivity index is 1.76. The molecular weight excluding hydrogens is 384 g/mol. The van der Waals surface area contributed by atoms with Gasteiger partial charge in [-0.15, -0.1) is 11.3 Å². The number of anilines is 1. The molecule has 7 heteroatoms. The summed E-state index contributed by atoms with van der Waals surface area (Å²) < 4.78 is 7.44. The Labute approximate surface area is 174 Å². The molecule has 2 aliphatic rings. The summed E-state index contributed by atoms with van der Waals surface area (Å²) in [5, 5.41) is 9.95. The van der Waals surface area contributed by atoms with Gasteiger partial charge in [-0.3, -0.25) is 9.79 Å². The van der Waals surface area contributed by atoms with E-state index in [1.807, 2.05) is 29.8 Å². The summed E-state index contributed by atoms with van der Waals surface area (Å²) in [6.45, 7) is 8.87. The van der Waals surface area contributed by atoms with E-state index in [2.05, 4.69) is 24.2 Å². The SMILES string of the molecule is C=C(C)CN=c1scc(-c2ccc3c(c2)NC(=O)CO3)n1N=C1CCC(C)CC1. The minimum atomic E-state index is -0.137. The molecule has 1 N–H and O–H groups in total. The minimum Gasteiger partial charge on any atom is -0.482 e. The van der Waals surface area contributed by atoms with Crippen molar-refractivity contribution in [3.8, 4) is 17.0 Å². The first-order chi connectivity index (χ1) is 14.0. The molecule has 1 aliphatic heterocycles. The number of rotatable bonds is 4. The largest absolute Gasteiger partial charge is 0.482 e. The Hall–Kier alpha value is -2.67. The Kier molecular flexibility index (Phi) is 5.67. The smallest absolute Gasteiger partial charge is 0.262 e. The Bertz CT molecular complexity index is 1040. The van der Waals surface area contributed by atoms with E-state index in [0.717, 1.165) is 40.4 Å². The second-order valence-electron chi connectivity index (χ2n) is 7.89. The lowest BCUT2D eigenvalue weighted by molar-refractivity contribution is -0.118. The quantitative estimate of drug-likeness (QED) is 0.757. The lowest BCUT2D eigenvalue weighted by atomic mass is 9.90. The van der Waals surface area contributed by atoms with Crippen molar-refractivity contribution in [3.05, 3.63) is 40.5 Å². The molecule has 0 bridgehead atoms. The number of thiazole rings is 1. The number of aromatic nitrogens is 1. The van der Waals surface area contributed by atoms with E-state index in [4.69, 9.17) is 14.8 Å². The molecule has 4 rings (SSSR count). The van der Waals surface area contributed by atoms with Gasteiger partial charge < -0.3 is 10.1 Å². The lowest BCUT2D eigenvalue weighted by Gasteiger charge is -2.20. The number of ether oxygens (including phenoxy) is 1. The second kappa shape index (κ2) is 8.37. The molecule has 1 amide bonds. The first-order valence-corrected chi connectivity index (χ1v) is 10.9. The molecule has 1 aromatic carbocycles. The van der Waals surface area contributed by atoms with Crippen LogP contribution in [0, 0.1) is 5.92 Å². The van der Waals surface area contributed by atoms with Gasteiger partial charge in [0, 0.05) is 16.7 Å². The molecule has 6 nitrogen and oxygen atoms in total. The standard InChI is InChI=1S/C22H26N4O2S/c1-14(2)11-23-22-26(25-17-7-4-15(3)5-8-17)19(13-29-22)16-6-9-20-18(10-16)24-21(27)12-28-20/h6,9-10,13,15H,1,4-5,7-8,11-12H2,2-3H3,(H,24,27). The van der Waals surface area contributed by atoms with Crippen LogP contribution in [0.15, 0.2) is 45.8 Å².